The average molecular weight is 393 g/mol. The first kappa shape index (κ1) is 19.4. The molecule has 0 aliphatic carbocycles. The van der Waals surface area contributed by atoms with E-state index >= 15 is 0 Å². The molecule has 27 heavy (non-hydrogen) atoms. The summed E-state index contributed by atoms with van der Waals surface area (Å²) in [6, 6.07) is 9.94. The van der Waals surface area contributed by atoms with E-state index in [9.17, 15) is 4.39 Å². The smallest absolute Gasteiger partial charge is 0.267 e. The van der Waals surface area contributed by atoms with Crippen LogP contribution >= 0.6 is 11.6 Å². The molecule has 1 heterocycles. The third kappa shape index (κ3) is 4.32. The number of methoxy groups -OCH3 is 1. The zero-order valence-electron chi connectivity index (χ0n) is 15.2. The Morgan fingerprint density at radius 1 is 1.26 bits per heavy atom. The molecule has 1 aliphatic rings. The summed E-state index contributed by atoms with van der Waals surface area (Å²) in [5.74, 6) is -1.02. The lowest BCUT2D eigenvalue weighted by Crippen LogP contribution is -2.39. The maximum Gasteiger partial charge on any atom is 0.267 e. The number of aliphatic imine (C=N–C) groups is 1. The summed E-state index contributed by atoms with van der Waals surface area (Å²) in [6.45, 7) is 1.50. The summed E-state index contributed by atoms with van der Waals surface area (Å²) in [5.41, 5.74) is 1.71. The van der Waals surface area contributed by atoms with Gasteiger partial charge in [0.05, 0.1) is 29.9 Å². The summed E-state index contributed by atoms with van der Waals surface area (Å²) in [6.07, 6.45) is 2.42. The largest absolute Gasteiger partial charge is 0.493 e. The molecule has 2 aromatic rings. The van der Waals surface area contributed by atoms with Gasteiger partial charge in [0.1, 0.15) is 11.6 Å². The quantitative estimate of drug-likeness (QED) is 0.471. The van der Waals surface area contributed by atoms with E-state index in [4.69, 9.17) is 21.1 Å². The molecule has 0 bridgehead atoms. The second-order valence-electron chi connectivity index (χ2n) is 6.01. The fourth-order valence-corrected chi connectivity index (χ4v) is 2.97. The van der Waals surface area contributed by atoms with E-state index in [-0.39, 0.29) is 5.69 Å². The first-order valence-corrected chi connectivity index (χ1v) is 8.96. The molecule has 0 fully saturated rings. The molecule has 1 aliphatic heterocycles. The highest BCUT2D eigenvalue weighted by molar-refractivity contribution is 6.30. The Bertz CT molecular complexity index is 833. The minimum atomic E-state index is -1.26. The van der Waals surface area contributed by atoms with Crippen LogP contribution in [0.25, 0.3) is 0 Å². The summed E-state index contributed by atoms with van der Waals surface area (Å²) >= 11 is 5.83. The Morgan fingerprint density at radius 3 is 2.85 bits per heavy atom. The Kier molecular flexibility index (Phi) is 6.15. The van der Waals surface area contributed by atoms with Gasteiger partial charge in [0.15, 0.2) is 0 Å². The molecule has 1 unspecified atom stereocenters. The zero-order valence-corrected chi connectivity index (χ0v) is 15.9. The molecule has 0 spiro atoms. The van der Waals surface area contributed by atoms with E-state index in [1.165, 1.54) is 19.5 Å². The van der Waals surface area contributed by atoms with Crippen molar-refractivity contribution in [2.75, 3.05) is 37.9 Å². The van der Waals surface area contributed by atoms with Gasteiger partial charge < -0.3 is 25.4 Å². The summed E-state index contributed by atoms with van der Waals surface area (Å²) < 4.78 is 25.7. The van der Waals surface area contributed by atoms with E-state index in [0.29, 0.717) is 17.2 Å². The molecule has 1 atom stereocenters. The number of nitrogens with zero attached hydrogens (tertiary/aromatic N) is 1. The van der Waals surface area contributed by atoms with Crippen molar-refractivity contribution in [2.24, 2.45) is 4.99 Å². The molecule has 0 saturated carbocycles. The second kappa shape index (κ2) is 8.56. The fourth-order valence-electron chi connectivity index (χ4n) is 2.82. The number of ether oxygens (including phenoxy) is 2. The molecule has 0 aromatic heterocycles. The number of hydrogen-bond donors (Lipinski definition) is 3. The third-order valence-electron chi connectivity index (χ3n) is 4.19. The molecule has 3 N–H and O–H groups in total. The van der Waals surface area contributed by atoms with E-state index < -0.39 is 11.7 Å². The Hall–Kier alpha value is -2.35. The van der Waals surface area contributed by atoms with Crippen LogP contribution in [0, 0.1) is 5.82 Å². The maximum absolute atomic E-state index is 14.3. The molecule has 3 rings (SSSR count). The van der Waals surface area contributed by atoms with Gasteiger partial charge in [0.2, 0.25) is 0 Å². The van der Waals surface area contributed by atoms with Crippen LogP contribution in [0.1, 0.15) is 12.0 Å². The minimum Gasteiger partial charge on any atom is -0.493 e. The molecule has 144 valence electrons. The zero-order chi connectivity index (χ0) is 19.3. The fraction of sp³-hybridized carbons (Fsp3) is 0.316. The van der Waals surface area contributed by atoms with Gasteiger partial charge in [-0.2, -0.15) is 0 Å². The number of hydrogen-bond acceptors (Lipinski definition) is 6. The van der Waals surface area contributed by atoms with Crippen LogP contribution < -0.4 is 20.7 Å². The average Bonchev–Trinajstić information content (AvgIpc) is 2.67. The van der Waals surface area contributed by atoms with Crippen LogP contribution in [0.15, 0.2) is 41.4 Å². The van der Waals surface area contributed by atoms with Gasteiger partial charge in [0, 0.05) is 18.2 Å². The SMILES string of the molecule is CNCCCOc1ccc2c(c1)NC=NC2(Nc1ccc(Cl)cc1F)OC. The second-order valence-corrected chi connectivity index (χ2v) is 6.45. The van der Waals surface area contributed by atoms with Crippen LogP contribution in [0.4, 0.5) is 15.8 Å². The molecule has 0 radical (unpaired) electrons. The lowest BCUT2D eigenvalue weighted by atomic mass is 10.1. The van der Waals surface area contributed by atoms with Crippen molar-refractivity contribution < 1.29 is 13.9 Å². The van der Waals surface area contributed by atoms with Crippen molar-refractivity contribution in [3.63, 3.8) is 0 Å². The standard InChI is InChI=1S/C19H22ClFN4O2/c1-22-8-3-9-27-14-5-6-15-18(11-14)23-12-24-19(15,26-2)25-17-7-4-13(20)10-16(17)21/h4-7,10-12,22,25H,3,8-9H2,1-2H3,(H,23,24). The third-order valence-corrected chi connectivity index (χ3v) is 4.43. The van der Waals surface area contributed by atoms with Crippen molar-refractivity contribution in [3.05, 3.63) is 52.8 Å². The van der Waals surface area contributed by atoms with Crippen molar-refractivity contribution in [1.82, 2.24) is 5.32 Å². The number of rotatable bonds is 8. The molecule has 0 saturated heterocycles. The maximum atomic E-state index is 14.3. The van der Waals surface area contributed by atoms with Crippen LogP contribution in [-0.4, -0.2) is 33.6 Å². The van der Waals surface area contributed by atoms with Crippen LogP contribution in [-0.2, 0) is 10.6 Å². The van der Waals surface area contributed by atoms with Crippen LogP contribution in [0.2, 0.25) is 5.02 Å². The van der Waals surface area contributed by atoms with E-state index in [1.807, 2.05) is 25.2 Å². The van der Waals surface area contributed by atoms with E-state index in [1.54, 1.807) is 12.1 Å². The molecule has 0 amide bonds. The van der Waals surface area contributed by atoms with Gasteiger partial charge in [0.25, 0.3) is 5.85 Å². The normalized spacial score (nSPS) is 17.9. The first-order valence-electron chi connectivity index (χ1n) is 8.58. The van der Waals surface area contributed by atoms with Gasteiger partial charge in [-0.1, -0.05) is 11.6 Å². The Balaban J connectivity index is 1.85. The Morgan fingerprint density at radius 2 is 2.11 bits per heavy atom. The molecular formula is C19H22ClFN4O2. The van der Waals surface area contributed by atoms with Gasteiger partial charge in [-0.15, -0.1) is 0 Å². The summed E-state index contributed by atoms with van der Waals surface area (Å²) in [4.78, 5) is 4.38. The molecular weight excluding hydrogens is 371 g/mol. The van der Waals surface area contributed by atoms with E-state index in [2.05, 4.69) is 20.9 Å². The number of anilines is 2. The number of nitrogens with one attached hydrogen (secondary N) is 3. The highest BCUT2D eigenvalue weighted by Crippen LogP contribution is 2.38. The predicted molar refractivity (Wildman–Crippen MR) is 106 cm³/mol. The van der Waals surface area contributed by atoms with E-state index in [0.717, 1.165) is 24.4 Å². The Labute approximate surface area is 162 Å². The molecule has 2 aromatic carbocycles. The first-order chi connectivity index (χ1) is 13.1. The van der Waals surface area contributed by atoms with Gasteiger partial charge in [-0.25, -0.2) is 9.38 Å². The van der Waals surface area contributed by atoms with Crippen LogP contribution in [0.5, 0.6) is 5.75 Å². The van der Waals surface area contributed by atoms with Gasteiger partial charge in [-0.05, 0) is 50.3 Å². The highest BCUT2D eigenvalue weighted by atomic mass is 35.5. The number of fused-ring (bicyclic) bond motifs is 1. The van der Waals surface area contributed by atoms with Gasteiger partial charge in [-0.3, -0.25) is 0 Å². The van der Waals surface area contributed by atoms with Crippen LogP contribution in [0.3, 0.4) is 0 Å². The topological polar surface area (TPSA) is 66.9 Å². The number of halogens is 2. The van der Waals surface area contributed by atoms with Crippen molar-refractivity contribution in [1.29, 1.82) is 0 Å². The molecule has 8 heteroatoms. The number of benzene rings is 2. The summed E-state index contributed by atoms with van der Waals surface area (Å²) in [5, 5.41) is 9.51. The van der Waals surface area contributed by atoms with Crippen molar-refractivity contribution in [2.45, 2.75) is 12.3 Å². The lowest BCUT2D eigenvalue weighted by Gasteiger charge is -2.34. The predicted octanol–water partition coefficient (Wildman–Crippen LogP) is 3.79. The van der Waals surface area contributed by atoms with Gasteiger partial charge >= 0.3 is 0 Å². The monoisotopic (exact) mass is 392 g/mol. The van der Waals surface area contributed by atoms with Crippen molar-refractivity contribution >= 4 is 29.3 Å². The van der Waals surface area contributed by atoms with Crippen molar-refractivity contribution in [3.8, 4) is 5.75 Å². The minimum absolute atomic E-state index is 0.235. The molecule has 6 nitrogen and oxygen atoms in total. The lowest BCUT2D eigenvalue weighted by molar-refractivity contribution is 0.0188. The summed E-state index contributed by atoms with van der Waals surface area (Å²) in [7, 11) is 3.42. The highest BCUT2D eigenvalue weighted by Gasteiger charge is 2.36.